The number of azide groups is 1. The van der Waals surface area contributed by atoms with E-state index in [4.69, 9.17) is 10.8 Å². The van der Waals surface area contributed by atoms with E-state index in [0.717, 1.165) is 6.20 Å². The molecule has 0 aliphatic carbocycles. The second-order valence-electron chi connectivity index (χ2n) is 3.20. The number of aromatic nitrogens is 1. The van der Waals surface area contributed by atoms with Crippen molar-refractivity contribution in [2.45, 2.75) is 11.3 Å². The molecule has 0 atom stereocenters. The summed E-state index contributed by atoms with van der Waals surface area (Å²) in [6, 6.07) is 4.43. The van der Waals surface area contributed by atoms with Gasteiger partial charge in [-0.3, -0.25) is 0 Å². The number of sulfonamides is 1. The predicted octanol–water partition coefficient (Wildman–Crippen LogP) is 0.932. The maximum atomic E-state index is 11.7. The highest BCUT2D eigenvalue weighted by molar-refractivity contribution is 7.89. The van der Waals surface area contributed by atoms with E-state index in [1.54, 1.807) is 6.07 Å². The molecule has 1 N–H and O–H groups in total. The fraction of sp³-hybridized carbons (Fsp3) is 0.333. The van der Waals surface area contributed by atoms with Crippen molar-refractivity contribution < 1.29 is 8.42 Å². The maximum absolute atomic E-state index is 11.7. The number of hydrogen-bond donors (Lipinski definition) is 1. The van der Waals surface area contributed by atoms with Crippen LogP contribution in [0.5, 0.6) is 0 Å². The lowest BCUT2D eigenvalue weighted by molar-refractivity contribution is 0.579. The molecule has 9 heteroatoms. The molecule has 0 amide bonds. The van der Waals surface area contributed by atoms with Gasteiger partial charge in [0.2, 0.25) is 10.0 Å². The van der Waals surface area contributed by atoms with Crippen molar-refractivity contribution in [3.05, 3.63) is 34.5 Å². The van der Waals surface area contributed by atoms with Crippen molar-refractivity contribution >= 4 is 10.0 Å². The normalized spacial score (nSPS) is 10.4. The van der Waals surface area contributed by atoms with Gasteiger partial charge in [-0.15, -0.1) is 0 Å². The molecule has 0 radical (unpaired) electrons. The van der Waals surface area contributed by atoms with E-state index in [1.165, 1.54) is 12.1 Å². The summed E-state index contributed by atoms with van der Waals surface area (Å²) in [5.74, 6) is 0. The Morgan fingerprint density at radius 2 is 2.33 bits per heavy atom. The van der Waals surface area contributed by atoms with Crippen molar-refractivity contribution in [1.82, 2.24) is 9.71 Å². The third-order valence-electron chi connectivity index (χ3n) is 1.95. The summed E-state index contributed by atoms with van der Waals surface area (Å²) in [7, 11) is -3.63. The van der Waals surface area contributed by atoms with Crippen molar-refractivity contribution in [3.8, 4) is 6.07 Å². The molecular weight excluding hydrogens is 256 g/mol. The molecule has 0 fully saturated rings. The number of nitrogens with one attached hydrogen (secondary N) is 1. The molecule has 1 aromatic rings. The van der Waals surface area contributed by atoms with Gasteiger partial charge < -0.3 is 0 Å². The lowest BCUT2D eigenvalue weighted by Crippen LogP contribution is -2.25. The zero-order chi connectivity index (χ0) is 13.4. The van der Waals surface area contributed by atoms with Crippen LogP contribution in [0.25, 0.3) is 10.4 Å². The van der Waals surface area contributed by atoms with Gasteiger partial charge in [-0.1, -0.05) is 5.11 Å². The summed E-state index contributed by atoms with van der Waals surface area (Å²) in [5.41, 5.74) is 8.19. The Morgan fingerprint density at radius 1 is 1.56 bits per heavy atom. The predicted molar refractivity (Wildman–Crippen MR) is 62.8 cm³/mol. The summed E-state index contributed by atoms with van der Waals surface area (Å²) in [6.07, 6.45) is 1.53. The minimum Gasteiger partial charge on any atom is -0.244 e. The van der Waals surface area contributed by atoms with Crippen LogP contribution in [-0.4, -0.2) is 26.5 Å². The largest absolute Gasteiger partial charge is 0.244 e. The van der Waals surface area contributed by atoms with Crippen LogP contribution in [0.1, 0.15) is 12.1 Å². The van der Waals surface area contributed by atoms with Gasteiger partial charge in [0.05, 0.1) is 0 Å². The second kappa shape index (κ2) is 6.56. The minimum absolute atomic E-state index is 0.00900. The van der Waals surface area contributed by atoms with E-state index in [0.29, 0.717) is 6.42 Å². The average molecular weight is 266 g/mol. The molecule has 1 aromatic heterocycles. The second-order valence-corrected chi connectivity index (χ2v) is 4.96. The molecule has 0 unspecified atom stereocenters. The summed E-state index contributed by atoms with van der Waals surface area (Å²) in [5, 5.41) is 11.8. The van der Waals surface area contributed by atoms with Gasteiger partial charge in [0.1, 0.15) is 16.7 Å². The molecule has 1 rings (SSSR count). The fourth-order valence-electron chi connectivity index (χ4n) is 1.09. The number of rotatable bonds is 6. The van der Waals surface area contributed by atoms with Crippen LogP contribution in [0, 0.1) is 11.3 Å². The third kappa shape index (κ3) is 4.03. The molecule has 0 saturated carbocycles. The first kappa shape index (κ1) is 13.9. The Labute approximate surface area is 104 Å². The highest BCUT2D eigenvalue weighted by atomic mass is 32.2. The van der Waals surface area contributed by atoms with Crippen LogP contribution in [0.2, 0.25) is 0 Å². The number of nitrogens with zero attached hydrogens (tertiary/aromatic N) is 5. The molecule has 8 nitrogen and oxygen atoms in total. The monoisotopic (exact) mass is 266 g/mol. The Hall–Kier alpha value is -2.14. The van der Waals surface area contributed by atoms with Gasteiger partial charge >= 0.3 is 0 Å². The van der Waals surface area contributed by atoms with Crippen LogP contribution in [0.15, 0.2) is 28.3 Å². The maximum Gasteiger partial charge on any atom is 0.242 e. The van der Waals surface area contributed by atoms with Crippen LogP contribution in [0.3, 0.4) is 0 Å². The zero-order valence-electron chi connectivity index (χ0n) is 9.31. The minimum atomic E-state index is -3.63. The van der Waals surface area contributed by atoms with Crippen LogP contribution in [-0.2, 0) is 10.0 Å². The molecule has 0 spiro atoms. The molecule has 0 saturated heterocycles. The standard InChI is InChI=1S/C9H10N6O2S/c10-6-8-2-3-9(7-12-8)18(16,17)14-5-1-4-13-15-11/h2-3,7,14H,1,4-5H2. The van der Waals surface area contributed by atoms with Gasteiger partial charge in [-0.05, 0) is 24.1 Å². The Morgan fingerprint density at radius 3 is 2.89 bits per heavy atom. The highest BCUT2D eigenvalue weighted by Crippen LogP contribution is 2.07. The molecule has 1 heterocycles. The molecule has 0 aromatic carbocycles. The molecule has 94 valence electrons. The molecular formula is C9H10N6O2S. The average Bonchev–Trinajstić information content (AvgIpc) is 2.38. The third-order valence-corrected chi connectivity index (χ3v) is 3.40. The summed E-state index contributed by atoms with van der Waals surface area (Å²) in [4.78, 5) is 6.22. The number of nitriles is 1. The number of hydrogen-bond acceptors (Lipinski definition) is 5. The summed E-state index contributed by atoms with van der Waals surface area (Å²) in [6.45, 7) is 0.395. The smallest absolute Gasteiger partial charge is 0.242 e. The van der Waals surface area contributed by atoms with Gasteiger partial charge in [-0.25, -0.2) is 18.1 Å². The van der Waals surface area contributed by atoms with E-state index in [1.807, 2.05) is 0 Å². The molecule has 0 aliphatic rings. The SMILES string of the molecule is N#Cc1ccc(S(=O)(=O)NCCCN=[N+]=[N-])cn1. The first-order valence-corrected chi connectivity index (χ1v) is 6.45. The summed E-state index contributed by atoms with van der Waals surface area (Å²) < 4.78 is 25.8. The van der Waals surface area contributed by atoms with E-state index in [-0.39, 0.29) is 23.7 Å². The van der Waals surface area contributed by atoms with E-state index in [2.05, 4.69) is 19.7 Å². The fourth-order valence-corrected chi connectivity index (χ4v) is 2.11. The molecule has 0 bridgehead atoms. The highest BCUT2D eigenvalue weighted by Gasteiger charge is 2.13. The topological polar surface area (TPSA) is 132 Å². The lowest BCUT2D eigenvalue weighted by Gasteiger charge is -2.05. The van der Waals surface area contributed by atoms with E-state index < -0.39 is 10.0 Å². The van der Waals surface area contributed by atoms with Crippen LogP contribution < -0.4 is 4.72 Å². The quantitative estimate of drug-likeness (QED) is 0.355. The van der Waals surface area contributed by atoms with Crippen molar-refractivity contribution in [2.75, 3.05) is 13.1 Å². The molecule has 18 heavy (non-hydrogen) atoms. The van der Waals surface area contributed by atoms with Crippen LogP contribution >= 0.6 is 0 Å². The van der Waals surface area contributed by atoms with Crippen LogP contribution in [0.4, 0.5) is 0 Å². The van der Waals surface area contributed by atoms with Crippen molar-refractivity contribution in [2.24, 2.45) is 5.11 Å². The summed E-state index contributed by atoms with van der Waals surface area (Å²) >= 11 is 0. The van der Waals surface area contributed by atoms with Crippen molar-refractivity contribution in [3.63, 3.8) is 0 Å². The van der Waals surface area contributed by atoms with E-state index >= 15 is 0 Å². The first-order valence-electron chi connectivity index (χ1n) is 4.97. The van der Waals surface area contributed by atoms with Gasteiger partial charge in [0, 0.05) is 24.2 Å². The Balaban J connectivity index is 2.62. The zero-order valence-corrected chi connectivity index (χ0v) is 10.1. The van der Waals surface area contributed by atoms with Gasteiger partial charge in [0.25, 0.3) is 0 Å². The lowest BCUT2D eigenvalue weighted by atomic mass is 10.4. The van der Waals surface area contributed by atoms with E-state index in [9.17, 15) is 8.42 Å². The Bertz CT molecular complexity index is 582. The van der Waals surface area contributed by atoms with Gasteiger partial charge in [-0.2, -0.15) is 5.26 Å². The molecule has 0 aliphatic heterocycles. The number of pyridine rings is 1. The van der Waals surface area contributed by atoms with Gasteiger partial charge in [0.15, 0.2) is 0 Å². The first-order chi connectivity index (χ1) is 8.60. The van der Waals surface area contributed by atoms with Crippen molar-refractivity contribution in [1.29, 1.82) is 5.26 Å². The Kier molecular flexibility index (Phi) is 5.07.